The summed E-state index contributed by atoms with van der Waals surface area (Å²) in [6.07, 6.45) is 6.39. The maximum absolute atomic E-state index is 12.4. The molecule has 2 bridgehead atoms. The number of amides is 1. The molecule has 3 fully saturated rings. The summed E-state index contributed by atoms with van der Waals surface area (Å²) in [7, 11) is -0.441. The van der Waals surface area contributed by atoms with Crippen molar-refractivity contribution in [2.75, 3.05) is 6.54 Å². The zero-order valence-electron chi connectivity index (χ0n) is 15.2. The lowest BCUT2D eigenvalue weighted by Crippen LogP contribution is -2.48. The largest absolute Gasteiger partial charge is 0.436 e. The van der Waals surface area contributed by atoms with E-state index in [1.54, 1.807) is 0 Å². The molecule has 6 nitrogen and oxygen atoms in total. The third-order valence-corrected chi connectivity index (χ3v) is 6.20. The predicted octanol–water partition coefficient (Wildman–Crippen LogP) is 1.09. The molecule has 1 amide bonds. The van der Waals surface area contributed by atoms with Crippen LogP contribution in [0.25, 0.3) is 0 Å². The van der Waals surface area contributed by atoms with E-state index in [0.717, 1.165) is 38.5 Å². The highest BCUT2D eigenvalue weighted by Crippen LogP contribution is 2.53. The topological polar surface area (TPSA) is 105 Å². The lowest BCUT2D eigenvalue weighted by Gasteiger charge is -2.51. The molecule has 0 unspecified atom stereocenters. The Morgan fingerprint density at radius 3 is 2.35 bits per heavy atom. The van der Waals surface area contributed by atoms with Crippen molar-refractivity contribution in [2.45, 2.75) is 68.6 Å². The number of hydrogen-bond donors (Lipinski definition) is 4. The average molecular weight is 360 g/mol. The number of nitrogens with two attached hydrogens (primary N) is 1. The van der Waals surface area contributed by atoms with Gasteiger partial charge in [-0.2, -0.15) is 0 Å². The summed E-state index contributed by atoms with van der Waals surface area (Å²) in [6, 6.07) is 7.81. The summed E-state index contributed by atoms with van der Waals surface area (Å²) in [5.41, 5.74) is 7.05. The molecule has 0 radical (unpaired) electrons. The molecule has 0 spiro atoms. The Morgan fingerprint density at radius 2 is 1.81 bits per heavy atom. The number of benzene rings is 1. The van der Waals surface area contributed by atoms with Crippen molar-refractivity contribution in [2.24, 2.45) is 5.73 Å². The van der Waals surface area contributed by atoms with E-state index in [0.29, 0.717) is 24.9 Å². The van der Waals surface area contributed by atoms with E-state index < -0.39 is 19.5 Å². The zero-order valence-corrected chi connectivity index (χ0v) is 15.2. The maximum atomic E-state index is 12.4. The van der Waals surface area contributed by atoms with Crippen molar-refractivity contribution >= 4 is 13.6 Å². The Labute approximate surface area is 155 Å². The van der Waals surface area contributed by atoms with Crippen molar-refractivity contribution in [3.05, 3.63) is 35.4 Å². The molecule has 0 aliphatic heterocycles. The van der Waals surface area contributed by atoms with Crippen LogP contribution in [0.2, 0.25) is 0 Å². The second kappa shape index (κ2) is 8.09. The summed E-state index contributed by atoms with van der Waals surface area (Å²) >= 11 is 0. The average Bonchev–Trinajstić information content (AvgIpc) is 2.67. The van der Waals surface area contributed by atoms with Crippen molar-refractivity contribution in [3.63, 3.8) is 0 Å². The molecule has 142 valence electrons. The molecule has 3 aliphatic rings. The highest BCUT2D eigenvalue weighted by atomic mass is 16.5. The maximum Gasteiger partial charge on any atom is 0.436 e. The Bertz CT molecular complexity index is 598. The minimum Gasteiger partial charge on any atom is -0.430 e. The number of rotatable bonds is 8. The van der Waals surface area contributed by atoms with Gasteiger partial charge in [0.2, 0.25) is 0 Å². The Kier molecular flexibility index (Phi) is 6.02. The predicted molar refractivity (Wildman–Crippen MR) is 101 cm³/mol. The van der Waals surface area contributed by atoms with Crippen LogP contribution in [0, 0.1) is 0 Å². The molecule has 3 saturated carbocycles. The molecule has 0 saturated heterocycles. The van der Waals surface area contributed by atoms with Crippen molar-refractivity contribution < 1.29 is 19.6 Å². The van der Waals surface area contributed by atoms with Gasteiger partial charge in [-0.05, 0) is 81.0 Å². The molecule has 4 rings (SSSR count). The molecular weight excluding hydrogens is 331 g/mol. The van der Waals surface area contributed by atoms with Gasteiger partial charge in [-0.25, -0.2) is 0 Å². The van der Waals surface area contributed by atoms with Gasteiger partial charge in [0.1, 0.15) is 6.23 Å². The molecule has 26 heavy (non-hydrogen) atoms. The van der Waals surface area contributed by atoms with Crippen LogP contribution in [-0.4, -0.2) is 42.1 Å². The summed E-state index contributed by atoms with van der Waals surface area (Å²) in [5.74, 6) is -0.216. The normalized spacial score (nSPS) is 28.6. The minimum absolute atomic E-state index is 0.156. The van der Waals surface area contributed by atoms with Crippen molar-refractivity contribution in [3.8, 4) is 0 Å². The standard InChI is InChI=1S/C19H29BN2O4/c21-13-1-2-16(26-20-25)22-17(23)14-3-5-15(6-4-14)18-7-10-19(24,11-8-18)12-9-18/h3-6,16,20,24-25H,1-2,7-13,21H2,(H,22,23)/t16-,18?,19?/m1/s1. The van der Waals surface area contributed by atoms with Crippen LogP contribution in [0.4, 0.5) is 0 Å². The fourth-order valence-corrected chi connectivity index (χ4v) is 4.39. The fourth-order valence-electron chi connectivity index (χ4n) is 4.39. The van der Waals surface area contributed by atoms with E-state index in [-0.39, 0.29) is 11.3 Å². The Balaban J connectivity index is 1.64. The Hall–Kier alpha value is -1.41. The van der Waals surface area contributed by atoms with Crippen LogP contribution in [-0.2, 0) is 10.1 Å². The lowest BCUT2D eigenvalue weighted by molar-refractivity contribution is -0.0660. The van der Waals surface area contributed by atoms with Crippen molar-refractivity contribution in [1.29, 1.82) is 0 Å². The van der Waals surface area contributed by atoms with Crippen LogP contribution >= 0.6 is 0 Å². The van der Waals surface area contributed by atoms with Gasteiger partial charge in [-0.15, -0.1) is 0 Å². The zero-order chi connectivity index (χ0) is 18.6. The summed E-state index contributed by atoms with van der Waals surface area (Å²) in [5, 5.41) is 22.1. The van der Waals surface area contributed by atoms with Crippen LogP contribution in [0.1, 0.15) is 67.3 Å². The number of carbonyl (C=O) groups is 1. The fraction of sp³-hybridized carbons (Fsp3) is 0.632. The second-order valence-corrected chi connectivity index (χ2v) is 7.77. The van der Waals surface area contributed by atoms with Gasteiger partial charge >= 0.3 is 7.69 Å². The molecule has 1 atom stereocenters. The van der Waals surface area contributed by atoms with Crippen LogP contribution in [0.3, 0.4) is 0 Å². The van der Waals surface area contributed by atoms with Gasteiger partial charge < -0.3 is 25.8 Å². The van der Waals surface area contributed by atoms with Crippen LogP contribution in [0.5, 0.6) is 0 Å². The van der Waals surface area contributed by atoms with Crippen LogP contribution in [0.15, 0.2) is 24.3 Å². The van der Waals surface area contributed by atoms with Crippen LogP contribution < -0.4 is 11.1 Å². The molecule has 3 aliphatic carbocycles. The number of hydrogen-bond acceptors (Lipinski definition) is 5. The smallest absolute Gasteiger partial charge is 0.430 e. The minimum atomic E-state index is -0.538. The van der Waals surface area contributed by atoms with E-state index in [2.05, 4.69) is 5.32 Å². The lowest BCUT2D eigenvalue weighted by atomic mass is 9.56. The van der Waals surface area contributed by atoms with E-state index in [1.165, 1.54) is 5.56 Å². The number of carbonyl (C=O) groups excluding carboxylic acids is 1. The highest BCUT2D eigenvalue weighted by molar-refractivity contribution is 6.16. The molecule has 5 N–H and O–H groups in total. The molecular formula is C19H29BN2O4. The van der Waals surface area contributed by atoms with E-state index in [1.807, 2.05) is 24.3 Å². The first-order valence-corrected chi connectivity index (χ1v) is 9.57. The summed E-state index contributed by atoms with van der Waals surface area (Å²) < 4.78 is 5.15. The van der Waals surface area contributed by atoms with Gasteiger partial charge in [0.15, 0.2) is 0 Å². The van der Waals surface area contributed by atoms with Gasteiger partial charge in [-0.1, -0.05) is 12.1 Å². The molecule has 0 heterocycles. The Morgan fingerprint density at radius 1 is 1.19 bits per heavy atom. The van der Waals surface area contributed by atoms with E-state index >= 15 is 0 Å². The number of fused-ring (bicyclic) bond motifs is 3. The third kappa shape index (κ3) is 4.12. The number of nitrogens with one attached hydrogen (secondary N) is 1. The van der Waals surface area contributed by atoms with Gasteiger partial charge in [0, 0.05) is 5.56 Å². The second-order valence-electron chi connectivity index (χ2n) is 7.77. The van der Waals surface area contributed by atoms with Gasteiger partial charge in [-0.3, -0.25) is 4.79 Å². The summed E-state index contributed by atoms with van der Waals surface area (Å²) in [6.45, 7) is 0.507. The molecule has 1 aromatic rings. The number of aliphatic hydroxyl groups is 1. The van der Waals surface area contributed by atoms with E-state index in [9.17, 15) is 9.90 Å². The first kappa shape index (κ1) is 19.4. The molecule has 7 heteroatoms. The summed E-state index contributed by atoms with van der Waals surface area (Å²) in [4.78, 5) is 12.4. The quantitative estimate of drug-likeness (QED) is 0.410. The van der Waals surface area contributed by atoms with Gasteiger partial charge in [0.05, 0.1) is 5.60 Å². The first-order valence-electron chi connectivity index (χ1n) is 9.57. The van der Waals surface area contributed by atoms with Gasteiger partial charge in [0.25, 0.3) is 5.91 Å². The first-order chi connectivity index (χ1) is 12.5. The third-order valence-electron chi connectivity index (χ3n) is 6.20. The SMILES string of the molecule is NCCC[C@H](NC(=O)c1ccc(C23CCC(O)(CC2)CC3)cc1)OBO. The monoisotopic (exact) mass is 360 g/mol. The van der Waals surface area contributed by atoms with Crippen molar-refractivity contribution in [1.82, 2.24) is 5.32 Å². The highest BCUT2D eigenvalue weighted by Gasteiger charge is 2.48. The molecule has 0 aromatic heterocycles. The van der Waals surface area contributed by atoms with E-state index in [4.69, 9.17) is 15.4 Å². The molecule has 1 aromatic carbocycles.